The first kappa shape index (κ1) is 16.5. The zero-order valence-corrected chi connectivity index (χ0v) is 12.9. The Morgan fingerprint density at radius 1 is 1.14 bits per heavy atom. The predicted octanol–water partition coefficient (Wildman–Crippen LogP) is 5.25. The van der Waals surface area contributed by atoms with E-state index >= 15 is 0 Å². The van der Waals surface area contributed by atoms with Gasteiger partial charge in [-0.2, -0.15) is 8.78 Å². The van der Waals surface area contributed by atoms with Crippen LogP contribution in [0.15, 0.2) is 37.1 Å². The SMILES string of the molecule is C=CC1CCC(COc2ccc(OC=CC)c(F)c2F)CC1. The van der Waals surface area contributed by atoms with Gasteiger partial charge in [0.25, 0.3) is 0 Å². The summed E-state index contributed by atoms with van der Waals surface area (Å²) in [6.07, 6.45) is 9.13. The number of hydrogen-bond donors (Lipinski definition) is 0. The summed E-state index contributed by atoms with van der Waals surface area (Å²) in [5.74, 6) is -1.26. The molecule has 0 unspecified atom stereocenters. The molecule has 1 saturated carbocycles. The van der Waals surface area contributed by atoms with Gasteiger partial charge in [0.05, 0.1) is 12.9 Å². The first-order valence-corrected chi connectivity index (χ1v) is 7.66. The van der Waals surface area contributed by atoms with E-state index in [9.17, 15) is 8.78 Å². The Kier molecular flexibility index (Phi) is 5.99. The van der Waals surface area contributed by atoms with Crippen LogP contribution in [0.4, 0.5) is 8.78 Å². The van der Waals surface area contributed by atoms with E-state index in [0.717, 1.165) is 25.7 Å². The molecule has 120 valence electrons. The van der Waals surface area contributed by atoms with Gasteiger partial charge in [0.2, 0.25) is 11.6 Å². The van der Waals surface area contributed by atoms with Crippen molar-refractivity contribution < 1.29 is 18.3 Å². The van der Waals surface area contributed by atoms with Gasteiger partial charge in [0, 0.05) is 0 Å². The molecule has 1 aliphatic rings. The Labute approximate surface area is 130 Å². The van der Waals surface area contributed by atoms with Crippen molar-refractivity contribution in [3.05, 3.63) is 48.8 Å². The summed E-state index contributed by atoms with van der Waals surface area (Å²) in [4.78, 5) is 0. The summed E-state index contributed by atoms with van der Waals surface area (Å²) >= 11 is 0. The molecule has 0 aromatic heterocycles. The molecular weight excluding hydrogens is 286 g/mol. The molecule has 1 aromatic carbocycles. The fourth-order valence-electron chi connectivity index (χ4n) is 2.66. The van der Waals surface area contributed by atoms with E-state index in [1.165, 1.54) is 18.4 Å². The van der Waals surface area contributed by atoms with Gasteiger partial charge >= 0.3 is 0 Å². The Bertz CT molecular complexity index is 532. The van der Waals surface area contributed by atoms with Crippen LogP contribution < -0.4 is 9.47 Å². The molecule has 0 heterocycles. The van der Waals surface area contributed by atoms with Gasteiger partial charge in [-0.3, -0.25) is 0 Å². The van der Waals surface area contributed by atoms with E-state index in [4.69, 9.17) is 9.47 Å². The average molecular weight is 308 g/mol. The second-order valence-corrected chi connectivity index (χ2v) is 5.60. The Balaban J connectivity index is 1.93. The maximum absolute atomic E-state index is 13.9. The lowest BCUT2D eigenvalue weighted by Crippen LogP contribution is -2.19. The van der Waals surface area contributed by atoms with Crippen LogP contribution in [0.25, 0.3) is 0 Å². The number of ether oxygens (including phenoxy) is 2. The van der Waals surface area contributed by atoms with Crippen molar-refractivity contribution in [2.24, 2.45) is 11.8 Å². The average Bonchev–Trinajstić information content (AvgIpc) is 2.56. The van der Waals surface area contributed by atoms with Crippen LogP contribution in [0.5, 0.6) is 11.5 Å². The lowest BCUT2D eigenvalue weighted by Gasteiger charge is -2.26. The molecule has 1 fully saturated rings. The van der Waals surface area contributed by atoms with Crippen LogP contribution in [-0.4, -0.2) is 6.61 Å². The molecular formula is C18H22F2O2. The Morgan fingerprint density at radius 2 is 1.77 bits per heavy atom. The molecule has 0 bridgehead atoms. The highest BCUT2D eigenvalue weighted by atomic mass is 19.2. The van der Waals surface area contributed by atoms with Crippen molar-refractivity contribution in [1.82, 2.24) is 0 Å². The first-order valence-electron chi connectivity index (χ1n) is 7.66. The largest absolute Gasteiger partial charge is 0.490 e. The number of allylic oxidation sites excluding steroid dienone is 2. The van der Waals surface area contributed by atoms with E-state index in [1.807, 2.05) is 6.08 Å². The smallest absolute Gasteiger partial charge is 0.205 e. The molecule has 0 atom stereocenters. The molecule has 0 amide bonds. The summed E-state index contributed by atoms with van der Waals surface area (Å²) in [6, 6.07) is 2.79. The van der Waals surface area contributed by atoms with Crippen LogP contribution in [0.3, 0.4) is 0 Å². The highest BCUT2D eigenvalue weighted by molar-refractivity contribution is 5.35. The van der Waals surface area contributed by atoms with Gasteiger partial charge in [-0.25, -0.2) is 0 Å². The monoisotopic (exact) mass is 308 g/mol. The minimum Gasteiger partial charge on any atom is -0.490 e. The van der Waals surface area contributed by atoms with E-state index in [2.05, 4.69) is 6.58 Å². The summed E-state index contributed by atoms with van der Waals surface area (Å²) in [5.41, 5.74) is 0. The highest BCUT2D eigenvalue weighted by Gasteiger charge is 2.21. The molecule has 0 spiro atoms. The maximum Gasteiger partial charge on any atom is 0.205 e. The summed E-state index contributed by atoms with van der Waals surface area (Å²) < 4.78 is 38.2. The van der Waals surface area contributed by atoms with Crippen LogP contribution in [-0.2, 0) is 0 Å². The fourth-order valence-corrected chi connectivity index (χ4v) is 2.66. The first-order chi connectivity index (χ1) is 10.7. The lowest BCUT2D eigenvalue weighted by molar-refractivity contribution is 0.187. The molecule has 22 heavy (non-hydrogen) atoms. The molecule has 1 aliphatic carbocycles. The zero-order valence-electron chi connectivity index (χ0n) is 12.9. The van der Waals surface area contributed by atoms with Gasteiger partial charge in [-0.05, 0) is 56.6 Å². The predicted molar refractivity (Wildman–Crippen MR) is 82.9 cm³/mol. The van der Waals surface area contributed by atoms with Crippen molar-refractivity contribution in [3.63, 3.8) is 0 Å². The van der Waals surface area contributed by atoms with E-state index in [-0.39, 0.29) is 11.5 Å². The maximum atomic E-state index is 13.9. The van der Waals surface area contributed by atoms with Crippen LogP contribution in [0.2, 0.25) is 0 Å². The second kappa shape index (κ2) is 7.97. The standard InChI is InChI=1S/C18H22F2O2/c1-3-11-21-15-9-10-16(18(20)17(15)19)22-12-14-7-5-13(4-2)6-8-14/h3-4,9-11,13-14H,2,5-8,12H2,1H3. The third kappa shape index (κ3) is 4.09. The zero-order chi connectivity index (χ0) is 15.9. The highest BCUT2D eigenvalue weighted by Crippen LogP contribution is 2.32. The lowest BCUT2D eigenvalue weighted by atomic mass is 9.82. The van der Waals surface area contributed by atoms with Crippen molar-refractivity contribution in [1.29, 1.82) is 0 Å². The third-order valence-electron chi connectivity index (χ3n) is 4.04. The topological polar surface area (TPSA) is 18.5 Å². The number of halogens is 2. The van der Waals surface area contributed by atoms with Gasteiger partial charge in [-0.1, -0.05) is 12.2 Å². The minimum atomic E-state index is -1.02. The molecule has 4 heteroatoms. The summed E-state index contributed by atoms with van der Waals surface area (Å²) in [7, 11) is 0. The number of rotatable bonds is 6. The number of benzene rings is 1. The summed E-state index contributed by atoms with van der Waals surface area (Å²) in [5, 5.41) is 0. The molecule has 2 nitrogen and oxygen atoms in total. The fraction of sp³-hybridized carbons (Fsp3) is 0.444. The Morgan fingerprint density at radius 3 is 2.41 bits per heavy atom. The van der Waals surface area contributed by atoms with Gasteiger partial charge in [-0.15, -0.1) is 6.58 Å². The molecule has 0 N–H and O–H groups in total. The van der Waals surface area contributed by atoms with Crippen LogP contribution >= 0.6 is 0 Å². The molecule has 1 aromatic rings. The van der Waals surface area contributed by atoms with E-state index in [1.54, 1.807) is 13.0 Å². The van der Waals surface area contributed by atoms with Crippen molar-refractivity contribution >= 4 is 0 Å². The van der Waals surface area contributed by atoms with Crippen LogP contribution in [0, 0.1) is 23.5 Å². The van der Waals surface area contributed by atoms with E-state index in [0.29, 0.717) is 18.4 Å². The molecule has 2 rings (SSSR count). The van der Waals surface area contributed by atoms with Crippen LogP contribution in [0.1, 0.15) is 32.6 Å². The molecule has 0 saturated heterocycles. The third-order valence-corrected chi connectivity index (χ3v) is 4.04. The van der Waals surface area contributed by atoms with Gasteiger partial charge in [0.1, 0.15) is 0 Å². The van der Waals surface area contributed by atoms with Gasteiger partial charge < -0.3 is 9.47 Å². The number of hydrogen-bond acceptors (Lipinski definition) is 2. The normalized spacial score (nSPS) is 21.8. The Hall–Kier alpha value is -1.84. The minimum absolute atomic E-state index is 0.0591. The van der Waals surface area contributed by atoms with Crippen molar-refractivity contribution in [2.75, 3.05) is 6.61 Å². The van der Waals surface area contributed by atoms with Crippen molar-refractivity contribution in [2.45, 2.75) is 32.6 Å². The second-order valence-electron chi connectivity index (χ2n) is 5.60. The quantitative estimate of drug-likeness (QED) is 0.528. The molecule has 0 radical (unpaired) electrons. The summed E-state index contributed by atoms with van der Waals surface area (Å²) in [6.45, 7) is 5.96. The van der Waals surface area contributed by atoms with Gasteiger partial charge in [0.15, 0.2) is 11.5 Å². The van der Waals surface area contributed by atoms with Crippen molar-refractivity contribution in [3.8, 4) is 11.5 Å². The van der Waals surface area contributed by atoms with E-state index < -0.39 is 11.6 Å². The molecule has 0 aliphatic heterocycles.